The summed E-state index contributed by atoms with van der Waals surface area (Å²) in [4.78, 5) is 14.2. The van der Waals surface area contributed by atoms with Gasteiger partial charge in [-0.1, -0.05) is 12.1 Å². The third-order valence-corrected chi connectivity index (χ3v) is 3.85. The van der Waals surface area contributed by atoms with E-state index in [-0.39, 0.29) is 11.9 Å². The van der Waals surface area contributed by atoms with Gasteiger partial charge < -0.3 is 9.42 Å². The van der Waals surface area contributed by atoms with Gasteiger partial charge in [0.05, 0.1) is 6.54 Å². The fourth-order valence-corrected chi connectivity index (χ4v) is 2.48. The molecule has 1 amide bonds. The number of hydrogen-bond donors (Lipinski definition) is 0. The van der Waals surface area contributed by atoms with E-state index >= 15 is 0 Å². The van der Waals surface area contributed by atoms with Gasteiger partial charge in [-0.05, 0) is 25.3 Å². The summed E-state index contributed by atoms with van der Waals surface area (Å²) >= 11 is 0. The number of aromatic nitrogens is 3. The predicted octanol–water partition coefficient (Wildman–Crippen LogP) is 2.36. The van der Waals surface area contributed by atoms with Gasteiger partial charge in [-0.25, -0.2) is 0 Å². The van der Waals surface area contributed by atoms with Gasteiger partial charge in [0, 0.05) is 31.4 Å². The first-order chi connectivity index (χ1) is 10.2. The van der Waals surface area contributed by atoms with Crippen LogP contribution in [0.2, 0.25) is 0 Å². The Hall–Kier alpha value is -2.11. The summed E-state index contributed by atoms with van der Waals surface area (Å²) in [5.74, 6) is 1.53. The van der Waals surface area contributed by atoms with Crippen molar-refractivity contribution in [1.29, 1.82) is 0 Å². The SMILES string of the molecule is CC[C@@H](C(=O)N(C)Cc1cc(C2CC2)on1)n1cccn1. The summed E-state index contributed by atoms with van der Waals surface area (Å²) < 4.78 is 7.03. The molecule has 1 atom stereocenters. The summed E-state index contributed by atoms with van der Waals surface area (Å²) in [6.45, 7) is 2.45. The number of nitrogens with zero attached hydrogens (tertiary/aromatic N) is 4. The van der Waals surface area contributed by atoms with Crippen LogP contribution in [0.25, 0.3) is 0 Å². The third kappa shape index (κ3) is 2.99. The average molecular weight is 288 g/mol. The molecule has 0 spiro atoms. The molecule has 2 aromatic heterocycles. The van der Waals surface area contributed by atoms with Crippen molar-refractivity contribution in [2.75, 3.05) is 7.05 Å². The summed E-state index contributed by atoms with van der Waals surface area (Å²) in [6.07, 6.45) is 6.58. The molecule has 112 valence electrons. The Morgan fingerprint density at radius 3 is 3.00 bits per heavy atom. The quantitative estimate of drug-likeness (QED) is 0.818. The molecule has 6 heteroatoms. The van der Waals surface area contributed by atoms with Crippen molar-refractivity contribution in [1.82, 2.24) is 19.8 Å². The Balaban J connectivity index is 1.65. The van der Waals surface area contributed by atoms with E-state index in [1.807, 2.05) is 25.3 Å². The van der Waals surface area contributed by atoms with Crippen LogP contribution in [0, 0.1) is 0 Å². The minimum Gasteiger partial charge on any atom is -0.361 e. The van der Waals surface area contributed by atoms with Crippen molar-refractivity contribution < 1.29 is 9.32 Å². The monoisotopic (exact) mass is 288 g/mol. The minimum atomic E-state index is -0.264. The highest BCUT2D eigenvalue weighted by Crippen LogP contribution is 2.40. The Morgan fingerprint density at radius 1 is 1.57 bits per heavy atom. The van der Waals surface area contributed by atoms with E-state index in [0.29, 0.717) is 18.9 Å². The molecule has 2 heterocycles. The lowest BCUT2D eigenvalue weighted by Crippen LogP contribution is -2.34. The number of likely N-dealkylation sites (N-methyl/N-ethyl adjacent to an activating group) is 1. The number of rotatable bonds is 6. The number of hydrogen-bond acceptors (Lipinski definition) is 4. The molecule has 3 rings (SSSR count). The summed E-state index contributed by atoms with van der Waals surface area (Å²) in [7, 11) is 1.79. The summed E-state index contributed by atoms with van der Waals surface area (Å²) in [5.41, 5.74) is 0.808. The minimum absolute atomic E-state index is 0.0390. The smallest absolute Gasteiger partial charge is 0.247 e. The zero-order valence-corrected chi connectivity index (χ0v) is 12.4. The van der Waals surface area contributed by atoms with Gasteiger partial charge in [-0.15, -0.1) is 0 Å². The van der Waals surface area contributed by atoms with E-state index in [0.717, 1.165) is 11.5 Å². The van der Waals surface area contributed by atoms with Gasteiger partial charge >= 0.3 is 0 Å². The van der Waals surface area contributed by atoms with Crippen molar-refractivity contribution in [3.63, 3.8) is 0 Å². The second-order valence-corrected chi connectivity index (χ2v) is 5.60. The molecule has 21 heavy (non-hydrogen) atoms. The van der Waals surface area contributed by atoms with Crippen LogP contribution in [0.5, 0.6) is 0 Å². The lowest BCUT2D eigenvalue weighted by atomic mass is 10.2. The molecule has 0 aliphatic heterocycles. The molecule has 0 N–H and O–H groups in total. The van der Waals surface area contributed by atoms with E-state index in [9.17, 15) is 4.79 Å². The normalized spacial score (nSPS) is 15.9. The summed E-state index contributed by atoms with van der Waals surface area (Å²) in [5, 5.41) is 8.22. The second-order valence-electron chi connectivity index (χ2n) is 5.60. The first-order valence-corrected chi connectivity index (χ1v) is 7.38. The molecule has 1 saturated carbocycles. The predicted molar refractivity (Wildman–Crippen MR) is 76.5 cm³/mol. The zero-order valence-electron chi connectivity index (χ0n) is 12.4. The third-order valence-electron chi connectivity index (χ3n) is 3.85. The highest BCUT2D eigenvalue weighted by atomic mass is 16.5. The van der Waals surface area contributed by atoms with Crippen molar-refractivity contribution >= 4 is 5.91 Å². The van der Waals surface area contributed by atoms with E-state index in [1.54, 1.807) is 22.8 Å². The molecule has 0 bridgehead atoms. The van der Waals surface area contributed by atoms with Crippen molar-refractivity contribution in [2.45, 2.75) is 44.7 Å². The molecule has 1 aliphatic carbocycles. The maximum atomic E-state index is 12.5. The van der Waals surface area contributed by atoms with Crippen LogP contribution >= 0.6 is 0 Å². The molecular formula is C15H20N4O2. The van der Waals surface area contributed by atoms with Gasteiger partial charge in [0.1, 0.15) is 17.5 Å². The van der Waals surface area contributed by atoms with Gasteiger partial charge in [0.15, 0.2) is 0 Å². The first kappa shape index (κ1) is 13.9. The van der Waals surface area contributed by atoms with Crippen LogP contribution in [0.4, 0.5) is 0 Å². The van der Waals surface area contributed by atoms with E-state index in [1.165, 1.54) is 12.8 Å². The van der Waals surface area contributed by atoms with Crippen LogP contribution in [0.15, 0.2) is 29.0 Å². The fourth-order valence-electron chi connectivity index (χ4n) is 2.48. The van der Waals surface area contributed by atoms with Crippen molar-refractivity contribution in [2.24, 2.45) is 0 Å². The van der Waals surface area contributed by atoms with Gasteiger partial charge in [-0.2, -0.15) is 5.10 Å². The molecule has 0 unspecified atom stereocenters. The summed E-state index contributed by atoms with van der Waals surface area (Å²) in [6, 6.07) is 3.53. The van der Waals surface area contributed by atoms with E-state index < -0.39 is 0 Å². The first-order valence-electron chi connectivity index (χ1n) is 7.38. The highest BCUT2D eigenvalue weighted by Gasteiger charge is 2.28. The molecular weight excluding hydrogens is 268 g/mol. The topological polar surface area (TPSA) is 64.2 Å². The van der Waals surface area contributed by atoms with Gasteiger partial charge in [-0.3, -0.25) is 9.48 Å². The van der Waals surface area contributed by atoms with Crippen LogP contribution in [-0.4, -0.2) is 32.8 Å². The molecule has 1 fully saturated rings. The van der Waals surface area contributed by atoms with Crippen LogP contribution in [-0.2, 0) is 11.3 Å². The van der Waals surface area contributed by atoms with Gasteiger partial charge in [0.2, 0.25) is 5.91 Å². The molecule has 0 saturated heterocycles. The number of amides is 1. The Kier molecular flexibility index (Phi) is 3.77. The molecule has 0 radical (unpaired) electrons. The highest BCUT2D eigenvalue weighted by molar-refractivity contribution is 5.80. The van der Waals surface area contributed by atoms with Crippen LogP contribution in [0.3, 0.4) is 0 Å². The van der Waals surface area contributed by atoms with Crippen molar-refractivity contribution in [3.05, 3.63) is 36.0 Å². The second kappa shape index (κ2) is 5.71. The molecule has 1 aliphatic rings. The Morgan fingerprint density at radius 2 is 2.38 bits per heavy atom. The average Bonchev–Trinajstić information content (AvgIpc) is 3.00. The fraction of sp³-hybridized carbons (Fsp3) is 0.533. The lowest BCUT2D eigenvalue weighted by molar-refractivity contribution is -0.134. The largest absolute Gasteiger partial charge is 0.361 e. The zero-order chi connectivity index (χ0) is 14.8. The van der Waals surface area contributed by atoms with E-state index in [4.69, 9.17) is 4.52 Å². The number of carbonyl (C=O) groups excluding carboxylic acids is 1. The molecule has 0 aromatic carbocycles. The van der Waals surface area contributed by atoms with Gasteiger partial charge in [0.25, 0.3) is 0 Å². The van der Waals surface area contributed by atoms with Crippen molar-refractivity contribution in [3.8, 4) is 0 Å². The Labute approximate surface area is 123 Å². The standard InChI is InChI=1S/C15H20N4O2/c1-3-13(19-8-4-7-16-19)15(20)18(2)10-12-9-14(21-17-12)11-5-6-11/h4,7-9,11,13H,3,5-6,10H2,1-2H3/t13-/m0/s1. The number of carbonyl (C=O) groups is 1. The molecule has 2 aromatic rings. The maximum Gasteiger partial charge on any atom is 0.247 e. The maximum absolute atomic E-state index is 12.5. The van der Waals surface area contributed by atoms with E-state index in [2.05, 4.69) is 10.3 Å². The lowest BCUT2D eigenvalue weighted by Gasteiger charge is -2.22. The molecule has 6 nitrogen and oxygen atoms in total. The Bertz CT molecular complexity index is 601. The van der Waals surface area contributed by atoms with Crippen LogP contribution < -0.4 is 0 Å². The van der Waals surface area contributed by atoms with Crippen LogP contribution in [0.1, 0.15) is 49.6 Å².